The molecule has 0 saturated carbocycles. The number of carbonyl (C=O) groups is 4. The number of amides is 2. The smallest absolute Gasteiger partial charge is 0.245 e. The van der Waals surface area contributed by atoms with Gasteiger partial charge in [-0.3, -0.25) is 14.4 Å². The van der Waals surface area contributed by atoms with E-state index in [1.165, 1.54) is 21.6 Å². The van der Waals surface area contributed by atoms with Crippen molar-refractivity contribution in [1.29, 1.82) is 0 Å². The first-order chi connectivity index (χ1) is 16.3. The second-order valence-electron chi connectivity index (χ2n) is 7.01. The highest BCUT2D eigenvalue weighted by atomic mass is 127. The molecule has 3 atom stereocenters. The molecule has 0 fully saturated rings. The predicted molar refractivity (Wildman–Crippen MR) is 153 cm³/mol. The largest absolute Gasteiger partial charge is 0.378 e. The molecule has 0 rings (SSSR count). The molecule has 0 aliphatic heterocycles. The fraction of sp³-hybridized carbons (Fsp3) is 0.789. The van der Waals surface area contributed by atoms with Crippen LogP contribution in [-0.4, -0.2) is 98.1 Å². The third-order valence-electron chi connectivity index (χ3n) is 4.15. The van der Waals surface area contributed by atoms with Crippen molar-refractivity contribution in [1.82, 2.24) is 19.5 Å². The number of hydrogen-bond acceptors (Lipinski definition) is 11. The molecule has 0 aliphatic rings. The number of aldehydes is 1. The molecule has 6 N–H and O–H groups in total. The van der Waals surface area contributed by atoms with Gasteiger partial charge in [0.2, 0.25) is 15.6 Å². The van der Waals surface area contributed by atoms with Crippen LogP contribution >= 0.6 is 67.0 Å². The molecule has 0 aliphatic carbocycles. The Bertz CT molecular complexity index is 597. The van der Waals surface area contributed by atoms with Crippen LogP contribution in [0.2, 0.25) is 0 Å². The van der Waals surface area contributed by atoms with Gasteiger partial charge >= 0.3 is 0 Å². The number of unbranched alkanes of at least 4 members (excludes halogenated alkanes) is 1. The van der Waals surface area contributed by atoms with Gasteiger partial charge in [-0.15, -0.1) is 0 Å². The SMILES string of the molecule is CNCCOCCOCC(=O)NCCCCC(NC(=O)[C@@H](N)CSSC[C@@H](C=O)NI)C(=O)I. The number of nitrogens with one attached hydrogen (secondary N) is 4. The summed E-state index contributed by atoms with van der Waals surface area (Å²) in [4.78, 5) is 46.7. The number of carbonyl (C=O) groups excluding carboxylic acids is 4. The molecule has 34 heavy (non-hydrogen) atoms. The van der Waals surface area contributed by atoms with Crippen LogP contribution in [0.5, 0.6) is 0 Å². The number of likely N-dealkylation sites (N-methyl/N-ethyl adjacent to an activating group) is 1. The summed E-state index contributed by atoms with van der Waals surface area (Å²) in [6.45, 7) is 2.57. The molecule has 0 aromatic heterocycles. The number of hydrogen-bond donors (Lipinski definition) is 5. The summed E-state index contributed by atoms with van der Waals surface area (Å²) in [5.74, 6) is 0.332. The second kappa shape index (κ2) is 23.6. The van der Waals surface area contributed by atoms with Crippen LogP contribution in [0.4, 0.5) is 0 Å². The van der Waals surface area contributed by atoms with Gasteiger partial charge in [-0.05, 0) is 26.3 Å². The second-order valence-corrected chi connectivity index (χ2v) is 11.2. The third-order valence-corrected chi connectivity index (χ3v) is 8.18. The summed E-state index contributed by atoms with van der Waals surface area (Å²) in [7, 11) is 4.70. The van der Waals surface area contributed by atoms with Crippen LogP contribution < -0.4 is 25.2 Å². The minimum atomic E-state index is -0.758. The summed E-state index contributed by atoms with van der Waals surface area (Å²) in [6.07, 6.45) is 2.60. The highest BCUT2D eigenvalue weighted by molar-refractivity contribution is 14.1. The molecule has 1 unspecified atom stereocenters. The molecular formula is C19H35I2N5O6S2. The standard InChI is InChI=1S/C19H35I2N5O6S2/c1-23-6-7-31-8-9-32-11-17(28)24-5-3-2-4-16(18(20)29)25-19(30)15(22)13-34-33-12-14(10-27)26-21/h10,14-16,23,26H,2-9,11-13,22H2,1H3,(H,24,28)(H,25,30)/t14-,15+,16?/m1/s1. The zero-order valence-corrected chi connectivity index (χ0v) is 25.1. The molecule has 11 nitrogen and oxygen atoms in total. The summed E-state index contributed by atoms with van der Waals surface area (Å²) in [6, 6.07) is -1.64. The molecule has 0 aromatic carbocycles. The zero-order valence-electron chi connectivity index (χ0n) is 19.2. The van der Waals surface area contributed by atoms with Crippen LogP contribution in [0.3, 0.4) is 0 Å². The summed E-state index contributed by atoms with van der Waals surface area (Å²) in [5, 5.41) is 8.43. The Hall–Kier alpha value is 0.240. The van der Waals surface area contributed by atoms with E-state index < -0.39 is 12.1 Å². The van der Waals surface area contributed by atoms with Gasteiger partial charge in [0.05, 0.1) is 37.9 Å². The maximum absolute atomic E-state index is 12.3. The Morgan fingerprint density at radius 2 is 1.76 bits per heavy atom. The lowest BCUT2D eigenvalue weighted by molar-refractivity contribution is -0.126. The van der Waals surface area contributed by atoms with Gasteiger partial charge in [-0.25, -0.2) is 3.53 Å². The van der Waals surface area contributed by atoms with E-state index in [0.717, 1.165) is 12.8 Å². The van der Waals surface area contributed by atoms with Crippen LogP contribution in [-0.2, 0) is 28.7 Å². The first-order valence-corrected chi connectivity index (χ1v) is 15.4. The van der Waals surface area contributed by atoms with Crippen molar-refractivity contribution in [2.24, 2.45) is 5.73 Å². The summed E-state index contributed by atoms with van der Waals surface area (Å²) in [5.41, 5.74) is 5.92. The molecule has 0 bridgehead atoms. The maximum atomic E-state index is 12.3. The van der Waals surface area contributed by atoms with Crippen molar-refractivity contribution in [3.63, 3.8) is 0 Å². The third kappa shape index (κ3) is 19.4. The Labute approximate surface area is 236 Å². The molecular weight excluding hydrogens is 712 g/mol. The van der Waals surface area contributed by atoms with Gasteiger partial charge < -0.3 is 36.0 Å². The zero-order chi connectivity index (χ0) is 25.6. The Morgan fingerprint density at radius 3 is 2.41 bits per heavy atom. The molecule has 2 amide bonds. The van der Waals surface area contributed by atoms with Gasteiger partial charge in [-0.1, -0.05) is 21.6 Å². The molecule has 0 heterocycles. The van der Waals surface area contributed by atoms with E-state index in [1.54, 1.807) is 22.6 Å². The average Bonchev–Trinajstić information content (AvgIpc) is 2.82. The Morgan fingerprint density at radius 1 is 1.06 bits per heavy atom. The minimum Gasteiger partial charge on any atom is -0.378 e. The van der Waals surface area contributed by atoms with E-state index in [-0.39, 0.29) is 28.3 Å². The van der Waals surface area contributed by atoms with Crippen molar-refractivity contribution >= 4 is 88.9 Å². The van der Waals surface area contributed by atoms with E-state index in [0.29, 0.717) is 57.1 Å². The number of nitrogens with two attached hydrogens (primary N) is 1. The van der Waals surface area contributed by atoms with Crippen LogP contribution in [0.1, 0.15) is 19.3 Å². The van der Waals surface area contributed by atoms with Crippen LogP contribution in [0.15, 0.2) is 0 Å². The summed E-state index contributed by atoms with van der Waals surface area (Å²) < 4.78 is 13.2. The molecule has 0 aromatic rings. The van der Waals surface area contributed by atoms with E-state index in [1.807, 2.05) is 29.9 Å². The summed E-state index contributed by atoms with van der Waals surface area (Å²) >= 11 is 3.59. The van der Waals surface area contributed by atoms with Crippen molar-refractivity contribution in [3.8, 4) is 0 Å². The molecule has 0 radical (unpaired) electrons. The topological polar surface area (TPSA) is 161 Å². The monoisotopic (exact) mass is 747 g/mol. The first kappa shape index (κ1) is 34.2. The average molecular weight is 747 g/mol. The lowest BCUT2D eigenvalue weighted by Crippen LogP contribution is -2.48. The molecule has 0 spiro atoms. The van der Waals surface area contributed by atoms with E-state index in [2.05, 4.69) is 19.5 Å². The number of rotatable bonds is 23. The highest BCUT2D eigenvalue weighted by Gasteiger charge is 2.22. The van der Waals surface area contributed by atoms with Crippen LogP contribution in [0, 0.1) is 0 Å². The van der Waals surface area contributed by atoms with Crippen molar-refractivity contribution in [3.05, 3.63) is 0 Å². The van der Waals surface area contributed by atoms with Gasteiger partial charge in [0.25, 0.3) is 0 Å². The Balaban J connectivity index is 3.97. The van der Waals surface area contributed by atoms with Crippen LogP contribution in [0.25, 0.3) is 0 Å². The van der Waals surface area contributed by atoms with Gasteiger partial charge in [0, 0.05) is 70.1 Å². The lowest BCUT2D eigenvalue weighted by atomic mass is 10.1. The number of halogens is 2. The van der Waals surface area contributed by atoms with Crippen molar-refractivity contribution in [2.45, 2.75) is 37.4 Å². The quantitative estimate of drug-likeness (QED) is 0.0243. The fourth-order valence-corrected chi connectivity index (χ4v) is 5.64. The minimum absolute atomic E-state index is 0.0289. The highest BCUT2D eigenvalue weighted by Crippen LogP contribution is 2.22. The predicted octanol–water partition coefficient (Wildman–Crippen LogP) is 0.188. The van der Waals surface area contributed by atoms with Gasteiger partial charge in [-0.2, -0.15) is 0 Å². The van der Waals surface area contributed by atoms with Gasteiger partial charge in [0.15, 0.2) is 0 Å². The van der Waals surface area contributed by atoms with E-state index in [9.17, 15) is 19.2 Å². The van der Waals surface area contributed by atoms with Crippen molar-refractivity contribution in [2.75, 3.05) is 58.1 Å². The fourth-order valence-electron chi connectivity index (χ4n) is 2.25. The Kier molecular flexibility index (Phi) is 23.8. The van der Waals surface area contributed by atoms with E-state index in [4.69, 9.17) is 15.2 Å². The lowest BCUT2D eigenvalue weighted by Gasteiger charge is -2.18. The molecule has 198 valence electrons. The van der Waals surface area contributed by atoms with E-state index >= 15 is 0 Å². The normalized spacial score (nSPS) is 13.6. The first-order valence-electron chi connectivity index (χ1n) is 10.7. The molecule has 0 saturated heterocycles. The number of ether oxygens (including phenoxy) is 2. The van der Waals surface area contributed by atoms with Gasteiger partial charge in [0.1, 0.15) is 12.9 Å². The van der Waals surface area contributed by atoms with Crippen molar-refractivity contribution < 1.29 is 28.7 Å². The maximum Gasteiger partial charge on any atom is 0.245 e. The molecule has 15 heteroatoms.